The van der Waals surface area contributed by atoms with E-state index in [0.29, 0.717) is 6.42 Å². The van der Waals surface area contributed by atoms with Crippen molar-refractivity contribution in [3.8, 4) is 0 Å². The maximum atomic E-state index is 12.2. The molecule has 0 spiro atoms. The van der Waals surface area contributed by atoms with Crippen LogP contribution in [-0.4, -0.2) is 5.91 Å². The Kier molecular flexibility index (Phi) is 2.97. The molecular formula is C17H18N2O. The van der Waals surface area contributed by atoms with E-state index in [-0.39, 0.29) is 5.91 Å². The first-order chi connectivity index (χ1) is 9.63. The van der Waals surface area contributed by atoms with Crippen molar-refractivity contribution in [1.82, 2.24) is 0 Å². The van der Waals surface area contributed by atoms with Gasteiger partial charge in [0.2, 0.25) is 5.91 Å². The van der Waals surface area contributed by atoms with Crippen LogP contribution < -0.4 is 11.1 Å². The quantitative estimate of drug-likeness (QED) is 0.897. The van der Waals surface area contributed by atoms with Crippen LogP contribution in [0.15, 0.2) is 48.5 Å². The van der Waals surface area contributed by atoms with Crippen molar-refractivity contribution in [2.24, 2.45) is 5.73 Å². The zero-order chi connectivity index (χ0) is 14.2. The summed E-state index contributed by atoms with van der Waals surface area (Å²) in [6, 6.07) is 16.0. The summed E-state index contributed by atoms with van der Waals surface area (Å²) in [5, 5.41) is 3.40. The number of carbonyl (C=O) groups excluding carboxylic acids is 1. The van der Waals surface area contributed by atoms with Gasteiger partial charge >= 0.3 is 0 Å². The Bertz CT molecular complexity index is 666. The smallest absolute Gasteiger partial charge is 0.247 e. The second kappa shape index (κ2) is 4.67. The zero-order valence-electron chi connectivity index (χ0n) is 11.5. The van der Waals surface area contributed by atoms with Crippen LogP contribution >= 0.6 is 0 Å². The molecule has 3 nitrogen and oxygen atoms in total. The molecule has 1 atom stereocenters. The lowest BCUT2D eigenvalue weighted by Gasteiger charge is -2.30. The molecule has 2 aromatic carbocycles. The molecule has 0 bridgehead atoms. The Morgan fingerprint density at radius 1 is 1.15 bits per heavy atom. The molecular weight excluding hydrogens is 248 g/mol. The van der Waals surface area contributed by atoms with Gasteiger partial charge in [0.25, 0.3) is 0 Å². The molecule has 0 radical (unpaired) electrons. The highest BCUT2D eigenvalue weighted by molar-refractivity contribution is 5.91. The number of nitrogens with two attached hydrogens (primary N) is 1. The molecule has 3 heteroatoms. The minimum absolute atomic E-state index is 0.314. The molecule has 0 aromatic heterocycles. The van der Waals surface area contributed by atoms with E-state index in [9.17, 15) is 4.79 Å². The summed E-state index contributed by atoms with van der Waals surface area (Å²) in [6.45, 7) is 2.03. The Hall–Kier alpha value is -2.29. The molecule has 0 saturated heterocycles. The highest BCUT2D eigenvalue weighted by Gasteiger charge is 2.44. The largest absolute Gasteiger partial charge is 0.367 e. The number of nitrogens with one attached hydrogen (secondary N) is 1. The monoisotopic (exact) mass is 266 g/mol. The lowest BCUT2D eigenvalue weighted by molar-refractivity contribution is -0.122. The maximum absolute atomic E-state index is 12.2. The van der Waals surface area contributed by atoms with Gasteiger partial charge in [-0.05, 0) is 42.5 Å². The van der Waals surface area contributed by atoms with Crippen LogP contribution in [0.3, 0.4) is 0 Å². The van der Waals surface area contributed by atoms with Gasteiger partial charge in [-0.3, -0.25) is 4.79 Å². The predicted octanol–water partition coefficient (Wildman–Crippen LogP) is 2.73. The number of carbonyl (C=O) groups is 1. The van der Waals surface area contributed by atoms with Gasteiger partial charge < -0.3 is 11.1 Å². The number of hydrogen-bond donors (Lipinski definition) is 2. The number of aryl methyl sites for hydroxylation is 2. The van der Waals surface area contributed by atoms with Crippen LogP contribution in [0.5, 0.6) is 0 Å². The van der Waals surface area contributed by atoms with Crippen LogP contribution in [0.1, 0.15) is 23.1 Å². The molecule has 0 aliphatic heterocycles. The summed E-state index contributed by atoms with van der Waals surface area (Å²) >= 11 is 0. The van der Waals surface area contributed by atoms with Crippen molar-refractivity contribution in [3.05, 3.63) is 65.2 Å². The van der Waals surface area contributed by atoms with Gasteiger partial charge in [-0.1, -0.05) is 42.5 Å². The number of benzene rings is 2. The third kappa shape index (κ3) is 1.86. The second-order valence-electron chi connectivity index (χ2n) is 5.37. The summed E-state index contributed by atoms with van der Waals surface area (Å²) in [4.78, 5) is 12.2. The molecule has 1 amide bonds. The average molecular weight is 266 g/mol. The summed E-state index contributed by atoms with van der Waals surface area (Å²) in [6.07, 6.45) is 1.58. The summed E-state index contributed by atoms with van der Waals surface area (Å²) < 4.78 is 0. The van der Waals surface area contributed by atoms with E-state index in [4.69, 9.17) is 5.73 Å². The third-order valence-electron chi connectivity index (χ3n) is 4.16. The lowest BCUT2D eigenvalue weighted by Crippen LogP contribution is -2.46. The number of primary amides is 1. The minimum atomic E-state index is -0.789. The third-order valence-corrected chi connectivity index (χ3v) is 4.16. The standard InChI is InChI=1S/C17H18N2O/c1-12-6-2-5-9-15(12)19-17(16(18)20)11-10-13-7-3-4-8-14(13)17/h2-9,19H,10-11H2,1H3,(H2,18,20). The molecule has 20 heavy (non-hydrogen) atoms. The van der Waals surface area contributed by atoms with Crippen LogP contribution in [0.4, 0.5) is 5.69 Å². The minimum Gasteiger partial charge on any atom is -0.367 e. The van der Waals surface area contributed by atoms with Crippen LogP contribution in [0.25, 0.3) is 0 Å². The number of para-hydroxylation sites is 1. The number of hydrogen-bond acceptors (Lipinski definition) is 2. The number of rotatable bonds is 3. The van der Waals surface area contributed by atoms with E-state index in [0.717, 1.165) is 23.2 Å². The van der Waals surface area contributed by atoms with E-state index in [2.05, 4.69) is 11.4 Å². The molecule has 2 aromatic rings. The molecule has 0 heterocycles. The Morgan fingerprint density at radius 2 is 1.85 bits per heavy atom. The molecule has 1 unspecified atom stereocenters. The van der Waals surface area contributed by atoms with Crippen molar-refractivity contribution in [3.63, 3.8) is 0 Å². The summed E-state index contributed by atoms with van der Waals surface area (Å²) in [7, 11) is 0. The van der Waals surface area contributed by atoms with Crippen molar-refractivity contribution in [2.75, 3.05) is 5.32 Å². The second-order valence-corrected chi connectivity index (χ2v) is 5.37. The normalized spacial score (nSPS) is 20.4. The number of anilines is 1. The van der Waals surface area contributed by atoms with Gasteiger partial charge in [-0.25, -0.2) is 0 Å². The Labute approximate surface area is 118 Å². The van der Waals surface area contributed by atoms with E-state index < -0.39 is 5.54 Å². The highest BCUT2D eigenvalue weighted by Crippen LogP contribution is 2.39. The lowest BCUT2D eigenvalue weighted by atomic mass is 9.90. The fraction of sp³-hybridized carbons (Fsp3) is 0.235. The van der Waals surface area contributed by atoms with Crippen molar-refractivity contribution in [1.29, 1.82) is 0 Å². The predicted molar refractivity (Wildman–Crippen MR) is 80.4 cm³/mol. The van der Waals surface area contributed by atoms with Gasteiger partial charge in [0.05, 0.1) is 0 Å². The van der Waals surface area contributed by atoms with Gasteiger partial charge in [0, 0.05) is 5.69 Å². The molecule has 0 fully saturated rings. The van der Waals surface area contributed by atoms with E-state index >= 15 is 0 Å². The van der Waals surface area contributed by atoms with Crippen molar-refractivity contribution < 1.29 is 4.79 Å². The molecule has 102 valence electrons. The summed E-state index contributed by atoms with van der Waals surface area (Å²) in [5.74, 6) is -0.314. The van der Waals surface area contributed by atoms with Crippen LogP contribution in [-0.2, 0) is 16.8 Å². The Balaban J connectivity index is 2.08. The fourth-order valence-corrected chi connectivity index (χ4v) is 3.00. The van der Waals surface area contributed by atoms with Gasteiger partial charge in [-0.15, -0.1) is 0 Å². The van der Waals surface area contributed by atoms with Crippen LogP contribution in [0, 0.1) is 6.92 Å². The Morgan fingerprint density at radius 3 is 2.60 bits per heavy atom. The SMILES string of the molecule is Cc1ccccc1NC1(C(N)=O)CCc2ccccc21. The van der Waals surface area contributed by atoms with Gasteiger partial charge in [0.15, 0.2) is 0 Å². The number of amides is 1. The van der Waals surface area contributed by atoms with E-state index in [1.54, 1.807) is 0 Å². The molecule has 3 N–H and O–H groups in total. The maximum Gasteiger partial charge on any atom is 0.247 e. The van der Waals surface area contributed by atoms with Crippen molar-refractivity contribution >= 4 is 11.6 Å². The average Bonchev–Trinajstić information content (AvgIpc) is 2.82. The molecule has 3 rings (SSSR count). The first-order valence-electron chi connectivity index (χ1n) is 6.85. The van der Waals surface area contributed by atoms with Crippen molar-refractivity contribution in [2.45, 2.75) is 25.3 Å². The fourth-order valence-electron chi connectivity index (χ4n) is 3.00. The first kappa shape index (κ1) is 12.7. The molecule has 1 aliphatic rings. The topological polar surface area (TPSA) is 55.1 Å². The summed E-state index contributed by atoms with van der Waals surface area (Å²) in [5.41, 5.74) is 9.24. The van der Waals surface area contributed by atoms with Gasteiger partial charge in [-0.2, -0.15) is 0 Å². The molecule has 1 aliphatic carbocycles. The highest BCUT2D eigenvalue weighted by atomic mass is 16.1. The zero-order valence-corrected chi connectivity index (χ0v) is 11.5. The van der Waals surface area contributed by atoms with E-state index in [1.807, 2.05) is 49.4 Å². The number of fused-ring (bicyclic) bond motifs is 1. The van der Waals surface area contributed by atoms with Crippen LogP contribution in [0.2, 0.25) is 0 Å². The van der Waals surface area contributed by atoms with Gasteiger partial charge in [0.1, 0.15) is 5.54 Å². The van der Waals surface area contributed by atoms with E-state index in [1.165, 1.54) is 5.56 Å². The molecule has 0 saturated carbocycles. The first-order valence-corrected chi connectivity index (χ1v) is 6.85.